The SMILES string of the molecule is C[C@H]1CCCCO[C@H](CN(C)S(=O)(=O)c2ccccc2)[C@@H](C)CN([C@@H](C)CO)C(=O)c2cc(NC(=O)Nc3ccc(C(F)(F)F)cc3)ccc2O1. The first kappa shape index (κ1) is 39.6. The van der Waals surface area contributed by atoms with Crippen LogP contribution < -0.4 is 15.4 Å². The van der Waals surface area contributed by atoms with Crippen molar-refractivity contribution in [3.8, 4) is 5.75 Å². The molecule has 0 unspecified atom stereocenters. The highest BCUT2D eigenvalue weighted by molar-refractivity contribution is 7.89. The van der Waals surface area contributed by atoms with Crippen LogP contribution in [0, 0.1) is 5.92 Å². The Morgan fingerprint density at radius 3 is 2.31 bits per heavy atom. The van der Waals surface area contributed by atoms with Crippen molar-refractivity contribution in [2.45, 2.75) is 69.4 Å². The molecule has 1 heterocycles. The van der Waals surface area contributed by atoms with Crippen molar-refractivity contribution in [3.05, 3.63) is 83.9 Å². The van der Waals surface area contributed by atoms with Crippen LogP contribution in [0.25, 0.3) is 0 Å². The van der Waals surface area contributed by atoms with Gasteiger partial charge in [0, 0.05) is 44.0 Å². The van der Waals surface area contributed by atoms with Crippen LogP contribution in [0.3, 0.4) is 0 Å². The van der Waals surface area contributed by atoms with Gasteiger partial charge in [0.15, 0.2) is 0 Å². The lowest BCUT2D eigenvalue weighted by molar-refractivity contribution is -0.137. The van der Waals surface area contributed by atoms with E-state index in [0.29, 0.717) is 19.4 Å². The van der Waals surface area contributed by atoms with Gasteiger partial charge in [-0.05, 0) is 87.7 Å². The van der Waals surface area contributed by atoms with Crippen molar-refractivity contribution >= 4 is 33.3 Å². The standard InChI is InChI=1S/C36H45F3N4O7S/c1-24-21-43(25(2)23-44)34(45)31-20-29(41-35(46)40-28-15-13-27(14-16-28)36(37,38)39)17-18-32(31)50-26(3)10-8-9-19-49-33(24)22-42(4)51(47,48)30-11-6-5-7-12-30/h5-7,11-18,20,24-26,33,44H,8-10,19,21-23H2,1-4H3,(H2,40,41,46)/t24-,25-,26-,33+/m0/s1. The van der Waals surface area contributed by atoms with Gasteiger partial charge in [0.05, 0.1) is 40.9 Å². The Labute approximate surface area is 296 Å². The molecule has 0 spiro atoms. The lowest BCUT2D eigenvalue weighted by Gasteiger charge is -2.35. The van der Waals surface area contributed by atoms with Crippen LogP contribution in [0.15, 0.2) is 77.7 Å². The average molecular weight is 735 g/mol. The Balaban J connectivity index is 1.60. The van der Waals surface area contributed by atoms with E-state index in [9.17, 15) is 36.3 Å². The van der Waals surface area contributed by atoms with Crippen molar-refractivity contribution < 1.29 is 45.8 Å². The van der Waals surface area contributed by atoms with Crippen LogP contribution in [-0.4, -0.2) is 86.3 Å². The Morgan fingerprint density at radius 1 is 1.02 bits per heavy atom. The van der Waals surface area contributed by atoms with E-state index >= 15 is 0 Å². The molecule has 0 aliphatic carbocycles. The molecule has 0 aromatic heterocycles. The molecular formula is C36H45F3N4O7S. The zero-order valence-corrected chi connectivity index (χ0v) is 29.8. The number of fused-ring (bicyclic) bond motifs is 1. The van der Waals surface area contributed by atoms with Gasteiger partial charge in [0.2, 0.25) is 10.0 Å². The lowest BCUT2D eigenvalue weighted by Crippen LogP contribution is -2.48. The Hall–Kier alpha value is -4.18. The summed E-state index contributed by atoms with van der Waals surface area (Å²) in [7, 11) is -2.34. The highest BCUT2D eigenvalue weighted by Gasteiger charge is 2.33. The fourth-order valence-electron chi connectivity index (χ4n) is 5.62. The second-order valence-corrected chi connectivity index (χ2v) is 14.8. The maximum atomic E-state index is 14.3. The quantitative estimate of drug-likeness (QED) is 0.242. The number of likely N-dealkylation sites (N-methyl/N-ethyl adjacent to an activating group) is 1. The molecule has 1 aliphatic heterocycles. The summed E-state index contributed by atoms with van der Waals surface area (Å²) in [6.07, 6.45) is -3.37. The van der Waals surface area contributed by atoms with Crippen LogP contribution in [-0.2, 0) is 20.9 Å². The van der Waals surface area contributed by atoms with Gasteiger partial charge in [-0.15, -0.1) is 0 Å². The number of nitrogens with one attached hydrogen (secondary N) is 2. The van der Waals surface area contributed by atoms with Crippen molar-refractivity contribution in [2.24, 2.45) is 5.92 Å². The molecule has 3 amide bonds. The third-order valence-corrected chi connectivity index (χ3v) is 10.5. The number of halogens is 3. The molecule has 3 aromatic rings. The van der Waals surface area contributed by atoms with Crippen LogP contribution in [0.2, 0.25) is 0 Å². The molecule has 0 saturated heterocycles. The van der Waals surface area contributed by atoms with Crippen molar-refractivity contribution in [1.82, 2.24) is 9.21 Å². The van der Waals surface area contributed by atoms with Crippen LogP contribution in [0.4, 0.5) is 29.3 Å². The second-order valence-electron chi connectivity index (χ2n) is 12.8. The molecule has 3 aromatic carbocycles. The normalized spacial score (nSPS) is 20.1. The molecule has 278 valence electrons. The van der Waals surface area contributed by atoms with Gasteiger partial charge in [-0.2, -0.15) is 17.5 Å². The molecule has 0 saturated carbocycles. The first-order valence-electron chi connectivity index (χ1n) is 16.7. The first-order chi connectivity index (χ1) is 24.1. The van der Waals surface area contributed by atoms with Gasteiger partial charge in [-0.3, -0.25) is 4.79 Å². The maximum absolute atomic E-state index is 14.3. The van der Waals surface area contributed by atoms with Crippen molar-refractivity contribution in [3.63, 3.8) is 0 Å². The first-order valence-corrected chi connectivity index (χ1v) is 18.1. The third kappa shape index (κ3) is 10.7. The zero-order chi connectivity index (χ0) is 37.3. The van der Waals surface area contributed by atoms with E-state index in [1.165, 1.54) is 34.5 Å². The predicted molar refractivity (Wildman–Crippen MR) is 187 cm³/mol. The number of sulfonamides is 1. The summed E-state index contributed by atoms with van der Waals surface area (Å²) in [5.41, 5.74) is -0.407. The van der Waals surface area contributed by atoms with Gasteiger partial charge in [0.25, 0.3) is 5.91 Å². The summed E-state index contributed by atoms with van der Waals surface area (Å²) in [6, 6.07) is 15.2. The molecule has 15 heteroatoms. The smallest absolute Gasteiger partial charge is 0.416 e. The molecule has 0 bridgehead atoms. The highest BCUT2D eigenvalue weighted by atomic mass is 32.2. The van der Waals surface area contributed by atoms with Gasteiger partial charge >= 0.3 is 12.2 Å². The number of nitrogens with zero attached hydrogens (tertiary/aromatic N) is 2. The van der Waals surface area contributed by atoms with E-state index in [0.717, 1.165) is 30.7 Å². The van der Waals surface area contributed by atoms with Gasteiger partial charge in [-0.25, -0.2) is 13.2 Å². The van der Waals surface area contributed by atoms with E-state index in [1.807, 2.05) is 13.8 Å². The van der Waals surface area contributed by atoms with Crippen LogP contribution >= 0.6 is 0 Å². The molecular weight excluding hydrogens is 689 g/mol. The van der Waals surface area contributed by atoms with E-state index in [2.05, 4.69) is 10.6 Å². The Bertz CT molecular complexity index is 1730. The lowest BCUT2D eigenvalue weighted by atomic mass is 10.0. The summed E-state index contributed by atoms with van der Waals surface area (Å²) >= 11 is 0. The molecule has 4 rings (SSSR count). The number of anilines is 2. The molecule has 1 aliphatic rings. The Morgan fingerprint density at radius 2 is 1.67 bits per heavy atom. The van der Waals surface area contributed by atoms with E-state index < -0.39 is 51.8 Å². The predicted octanol–water partition coefficient (Wildman–Crippen LogP) is 6.47. The number of hydrogen-bond acceptors (Lipinski definition) is 7. The average Bonchev–Trinajstić information content (AvgIpc) is 3.09. The van der Waals surface area contributed by atoms with Crippen LogP contribution in [0.5, 0.6) is 5.75 Å². The molecule has 11 nitrogen and oxygen atoms in total. The zero-order valence-electron chi connectivity index (χ0n) is 29.0. The highest BCUT2D eigenvalue weighted by Crippen LogP contribution is 2.31. The number of amides is 3. The minimum absolute atomic E-state index is 0.0200. The molecule has 3 N–H and O–H groups in total. The second kappa shape index (κ2) is 17.4. The van der Waals surface area contributed by atoms with Gasteiger partial charge in [0.1, 0.15) is 5.75 Å². The minimum atomic E-state index is -4.52. The largest absolute Gasteiger partial charge is 0.490 e. The molecule has 0 fully saturated rings. The monoisotopic (exact) mass is 734 g/mol. The number of carbonyl (C=O) groups excluding carboxylic acids is 2. The Kier molecular flexibility index (Phi) is 13.5. The van der Waals surface area contributed by atoms with Crippen molar-refractivity contribution in [2.75, 3.05) is 44.0 Å². The fourth-order valence-corrected chi connectivity index (χ4v) is 6.83. The number of benzene rings is 3. The van der Waals surface area contributed by atoms with Crippen molar-refractivity contribution in [1.29, 1.82) is 0 Å². The molecule has 51 heavy (non-hydrogen) atoms. The summed E-state index contributed by atoms with van der Waals surface area (Å²) in [6.45, 7) is 5.51. The minimum Gasteiger partial charge on any atom is -0.490 e. The number of aliphatic hydroxyl groups is 1. The van der Waals surface area contributed by atoms with Gasteiger partial charge < -0.3 is 30.1 Å². The summed E-state index contributed by atoms with van der Waals surface area (Å²) in [4.78, 5) is 28.8. The fraction of sp³-hybridized carbons (Fsp3) is 0.444. The maximum Gasteiger partial charge on any atom is 0.416 e. The van der Waals surface area contributed by atoms with E-state index in [4.69, 9.17) is 9.47 Å². The van der Waals surface area contributed by atoms with E-state index in [1.54, 1.807) is 37.3 Å². The number of hydrogen-bond donors (Lipinski definition) is 3. The number of aliphatic hydroxyl groups excluding tert-OH is 1. The summed E-state index contributed by atoms with van der Waals surface area (Å²) < 4.78 is 79.3. The molecule has 4 atom stereocenters. The number of rotatable bonds is 8. The number of urea groups is 1. The third-order valence-electron chi connectivity index (χ3n) is 8.67. The summed E-state index contributed by atoms with van der Waals surface area (Å²) in [5.74, 6) is -0.626. The van der Waals surface area contributed by atoms with E-state index in [-0.39, 0.29) is 53.4 Å². The van der Waals surface area contributed by atoms with Crippen LogP contribution in [0.1, 0.15) is 56.0 Å². The number of alkyl halides is 3. The topological polar surface area (TPSA) is 138 Å². The van der Waals surface area contributed by atoms with Gasteiger partial charge in [-0.1, -0.05) is 25.1 Å². The molecule has 0 radical (unpaired) electrons. The number of ether oxygens (including phenoxy) is 2. The summed E-state index contributed by atoms with van der Waals surface area (Å²) in [5, 5.41) is 15.3. The number of carbonyl (C=O) groups is 2.